The highest BCUT2D eigenvalue weighted by molar-refractivity contribution is 7.99. The molecule has 184 valence electrons. The third-order valence-corrected chi connectivity index (χ3v) is 8.03. The fourth-order valence-corrected chi connectivity index (χ4v) is 5.79. The van der Waals surface area contributed by atoms with Crippen LogP contribution in [-0.4, -0.2) is 50.0 Å². The van der Waals surface area contributed by atoms with Gasteiger partial charge in [0.05, 0.1) is 11.3 Å². The fourth-order valence-electron chi connectivity index (χ4n) is 4.96. The number of thioether (sulfide) groups is 1. The van der Waals surface area contributed by atoms with Gasteiger partial charge in [0, 0.05) is 19.3 Å². The number of rotatable bonds is 7. The summed E-state index contributed by atoms with van der Waals surface area (Å²) in [7, 11) is 1.93. The molecule has 1 aliphatic carbocycles. The van der Waals surface area contributed by atoms with Crippen LogP contribution in [0.2, 0.25) is 0 Å². The lowest BCUT2D eigenvalue weighted by Crippen LogP contribution is -2.23. The number of alkyl halides is 3. The lowest BCUT2D eigenvalue weighted by molar-refractivity contribution is -0.137. The number of nitrogens with zero attached hydrogens (tertiary/aromatic N) is 5. The van der Waals surface area contributed by atoms with Crippen molar-refractivity contribution in [3.8, 4) is 11.6 Å². The zero-order valence-electron chi connectivity index (χ0n) is 19.0. The molecule has 0 unspecified atom stereocenters. The van der Waals surface area contributed by atoms with Crippen LogP contribution in [0.25, 0.3) is 11.6 Å². The van der Waals surface area contributed by atoms with Crippen LogP contribution in [-0.2, 0) is 13.2 Å². The molecule has 0 radical (unpaired) electrons. The number of oxazole rings is 1. The van der Waals surface area contributed by atoms with E-state index in [1.54, 1.807) is 23.9 Å². The molecule has 34 heavy (non-hydrogen) atoms. The van der Waals surface area contributed by atoms with Gasteiger partial charge in [-0.15, -0.1) is 22.6 Å². The van der Waals surface area contributed by atoms with Crippen LogP contribution in [0.1, 0.15) is 42.0 Å². The first-order valence-corrected chi connectivity index (χ1v) is 12.1. The molecular formula is C23H27ClF3N5OS. The van der Waals surface area contributed by atoms with Crippen molar-refractivity contribution in [2.45, 2.75) is 43.4 Å². The smallest absolute Gasteiger partial charge is 0.416 e. The Balaban J connectivity index is 0.00000274. The van der Waals surface area contributed by atoms with Gasteiger partial charge in [-0.25, -0.2) is 4.98 Å². The third-order valence-electron chi connectivity index (χ3n) is 6.93. The minimum absolute atomic E-state index is 0. The number of aryl methyl sites for hydroxylation is 1. The van der Waals surface area contributed by atoms with E-state index in [2.05, 4.69) is 20.1 Å². The molecule has 3 heterocycles. The molecule has 2 atom stereocenters. The highest BCUT2D eigenvalue weighted by Gasteiger charge is 2.57. The summed E-state index contributed by atoms with van der Waals surface area (Å²) in [5, 5.41) is 9.38. The molecule has 1 saturated heterocycles. The topological polar surface area (TPSA) is 60.0 Å². The summed E-state index contributed by atoms with van der Waals surface area (Å²) in [6.07, 6.45) is 0.372. The zero-order valence-corrected chi connectivity index (χ0v) is 20.6. The van der Waals surface area contributed by atoms with Gasteiger partial charge in [-0.1, -0.05) is 23.9 Å². The van der Waals surface area contributed by atoms with Crippen LogP contribution in [0.15, 0.2) is 40.2 Å². The summed E-state index contributed by atoms with van der Waals surface area (Å²) in [4.78, 5) is 6.60. The maximum Gasteiger partial charge on any atom is 0.416 e. The molecular weight excluding hydrogens is 487 g/mol. The second-order valence-electron chi connectivity index (χ2n) is 9.10. The number of likely N-dealkylation sites (tertiary alicyclic amines) is 1. The lowest BCUT2D eigenvalue weighted by atomic mass is 9.97. The van der Waals surface area contributed by atoms with Gasteiger partial charge in [0.15, 0.2) is 17.3 Å². The van der Waals surface area contributed by atoms with Gasteiger partial charge in [0.25, 0.3) is 0 Å². The monoisotopic (exact) mass is 513 g/mol. The normalized spacial score (nSPS) is 22.3. The van der Waals surface area contributed by atoms with E-state index in [9.17, 15) is 13.2 Å². The Morgan fingerprint density at radius 2 is 1.97 bits per heavy atom. The average molecular weight is 514 g/mol. The summed E-state index contributed by atoms with van der Waals surface area (Å²) in [6, 6.07) is 5.76. The van der Waals surface area contributed by atoms with Crippen LogP contribution in [0.5, 0.6) is 0 Å². The minimum Gasteiger partial charge on any atom is -0.440 e. The second kappa shape index (κ2) is 9.54. The van der Waals surface area contributed by atoms with Crippen molar-refractivity contribution in [3.05, 3.63) is 47.5 Å². The second-order valence-corrected chi connectivity index (χ2v) is 10.2. The zero-order chi connectivity index (χ0) is 23.2. The molecule has 1 saturated carbocycles. The molecule has 0 amide bonds. The van der Waals surface area contributed by atoms with Crippen molar-refractivity contribution in [3.63, 3.8) is 0 Å². The lowest BCUT2D eigenvalue weighted by Gasteiger charge is -2.16. The summed E-state index contributed by atoms with van der Waals surface area (Å²) < 4.78 is 45.8. The van der Waals surface area contributed by atoms with Gasteiger partial charge in [-0.3, -0.25) is 0 Å². The van der Waals surface area contributed by atoms with Gasteiger partial charge in [-0.2, -0.15) is 13.2 Å². The summed E-state index contributed by atoms with van der Waals surface area (Å²) >= 11 is 1.68. The van der Waals surface area contributed by atoms with Crippen molar-refractivity contribution in [2.24, 2.45) is 12.5 Å². The van der Waals surface area contributed by atoms with Gasteiger partial charge < -0.3 is 13.9 Å². The van der Waals surface area contributed by atoms with E-state index >= 15 is 0 Å². The van der Waals surface area contributed by atoms with E-state index in [0.717, 1.165) is 61.1 Å². The SMILES string of the molecule is Cc1ncoc1-c1nnc(SCCCN2CC[C@]3(C[C@H]3c3ccc(C(F)(F)F)cc3)C2)n1C.Cl. The van der Waals surface area contributed by atoms with E-state index in [-0.39, 0.29) is 17.8 Å². The highest BCUT2D eigenvalue weighted by atomic mass is 35.5. The standard InChI is InChI=1S/C23H26F3N5OS.ClH/c1-15-19(32-14-27-15)20-28-29-21(30(20)2)33-11-3-9-31-10-8-22(13-31)12-18(22)16-4-6-17(7-5-16)23(24,25)26;/h4-7,14,18H,3,8-13H2,1-2H3;1H/t18-,22-;/m0./s1. The van der Waals surface area contributed by atoms with Crippen LogP contribution in [0.3, 0.4) is 0 Å². The van der Waals surface area contributed by atoms with E-state index in [1.807, 2.05) is 18.5 Å². The van der Waals surface area contributed by atoms with Crippen molar-refractivity contribution in [1.82, 2.24) is 24.6 Å². The van der Waals surface area contributed by atoms with Crippen molar-refractivity contribution >= 4 is 24.2 Å². The number of benzene rings is 1. The Labute approximate surface area is 206 Å². The Kier molecular flexibility index (Phi) is 7.04. The Bertz CT molecular complexity index is 1130. The van der Waals surface area contributed by atoms with Crippen molar-refractivity contribution in [1.29, 1.82) is 0 Å². The van der Waals surface area contributed by atoms with E-state index in [0.29, 0.717) is 17.5 Å². The largest absolute Gasteiger partial charge is 0.440 e. The number of hydrogen-bond acceptors (Lipinski definition) is 6. The molecule has 2 aromatic heterocycles. The van der Waals surface area contributed by atoms with E-state index in [1.165, 1.54) is 18.5 Å². The molecule has 1 aliphatic heterocycles. The van der Waals surface area contributed by atoms with Gasteiger partial charge in [-0.05, 0) is 68.3 Å². The quantitative estimate of drug-likeness (QED) is 0.303. The molecule has 0 bridgehead atoms. The minimum atomic E-state index is -4.27. The molecule has 6 nitrogen and oxygen atoms in total. The molecule has 0 N–H and O–H groups in total. The predicted octanol–water partition coefficient (Wildman–Crippen LogP) is 5.58. The molecule has 2 fully saturated rings. The maximum absolute atomic E-state index is 12.8. The van der Waals surface area contributed by atoms with Crippen molar-refractivity contribution < 1.29 is 17.6 Å². The molecule has 1 spiro atoms. The summed E-state index contributed by atoms with van der Waals surface area (Å²) in [6.45, 7) is 4.98. The highest BCUT2D eigenvalue weighted by Crippen LogP contribution is 2.64. The number of aromatic nitrogens is 4. The Morgan fingerprint density at radius 3 is 2.65 bits per heavy atom. The fraction of sp³-hybridized carbons (Fsp3) is 0.522. The van der Waals surface area contributed by atoms with Crippen molar-refractivity contribution in [2.75, 3.05) is 25.4 Å². The summed E-state index contributed by atoms with van der Waals surface area (Å²) in [5.41, 5.74) is 1.51. The average Bonchev–Trinajstić information content (AvgIpc) is 3.05. The predicted molar refractivity (Wildman–Crippen MR) is 126 cm³/mol. The Morgan fingerprint density at radius 1 is 1.21 bits per heavy atom. The molecule has 1 aromatic carbocycles. The molecule has 5 rings (SSSR count). The maximum atomic E-state index is 12.8. The van der Waals surface area contributed by atoms with Gasteiger partial charge >= 0.3 is 6.18 Å². The van der Waals surface area contributed by atoms with Crippen LogP contribution in [0, 0.1) is 12.3 Å². The van der Waals surface area contributed by atoms with E-state index < -0.39 is 11.7 Å². The van der Waals surface area contributed by atoms with Gasteiger partial charge in [0.2, 0.25) is 5.82 Å². The molecule has 2 aliphatic rings. The molecule has 11 heteroatoms. The first-order valence-electron chi connectivity index (χ1n) is 11.1. The van der Waals surface area contributed by atoms with E-state index in [4.69, 9.17) is 4.42 Å². The number of halogens is 4. The van der Waals surface area contributed by atoms with Crippen LogP contribution >= 0.6 is 24.2 Å². The van der Waals surface area contributed by atoms with Crippen LogP contribution in [0.4, 0.5) is 13.2 Å². The van der Waals surface area contributed by atoms with Gasteiger partial charge in [0.1, 0.15) is 0 Å². The number of hydrogen-bond donors (Lipinski definition) is 0. The Hall–Kier alpha value is -2.04. The first kappa shape index (κ1) is 25.1. The molecule has 3 aromatic rings. The summed E-state index contributed by atoms with van der Waals surface area (Å²) in [5.74, 6) is 2.65. The first-order chi connectivity index (χ1) is 15.8. The third kappa shape index (κ3) is 4.85. The van der Waals surface area contributed by atoms with Crippen LogP contribution < -0.4 is 0 Å².